The highest BCUT2D eigenvalue weighted by molar-refractivity contribution is 9.10. The van der Waals surface area contributed by atoms with E-state index in [4.69, 9.17) is 4.74 Å². The minimum atomic E-state index is -0.214. The molecule has 2 nitrogen and oxygen atoms in total. The zero-order valence-electron chi connectivity index (χ0n) is 10.3. The third kappa shape index (κ3) is 6.15. The van der Waals surface area contributed by atoms with Gasteiger partial charge in [-0.3, -0.25) is 0 Å². The number of nitrogens with one attached hydrogen (secondary N) is 1. The summed E-state index contributed by atoms with van der Waals surface area (Å²) < 4.78 is 19.6. The Balaban J connectivity index is 2.20. The van der Waals surface area contributed by atoms with E-state index < -0.39 is 0 Å². The third-order valence-electron chi connectivity index (χ3n) is 2.28. The van der Waals surface area contributed by atoms with Gasteiger partial charge in [0.15, 0.2) is 0 Å². The van der Waals surface area contributed by atoms with Crippen LogP contribution in [0, 0.1) is 5.82 Å². The molecular weight excluding hydrogens is 285 g/mol. The predicted octanol–water partition coefficient (Wildman–Crippen LogP) is 3.49. The van der Waals surface area contributed by atoms with Crippen molar-refractivity contribution < 1.29 is 9.13 Å². The summed E-state index contributed by atoms with van der Waals surface area (Å²) in [6.45, 7) is 6.12. The molecule has 17 heavy (non-hydrogen) atoms. The Bertz CT molecular complexity index is 344. The summed E-state index contributed by atoms with van der Waals surface area (Å²) in [5, 5.41) is 3.30. The monoisotopic (exact) mass is 303 g/mol. The van der Waals surface area contributed by atoms with Crippen LogP contribution in [0.25, 0.3) is 0 Å². The van der Waals surface area contributed by atoms with Gasteiger partial charge in [-0.25, -0.2) is 4.39 Å². The van der Waals surface area contributed by atoms with Gasteiger partial charge in [-0.1, -0.05) is 29.8 Å². The lowest BCUT2D eigenvalue weighted by molar-refractivity contribution is 0.115. The molecule has 0 spiro atoms. The normalized spacial score (nSPS) is 11.1. The molecule has 0 heterocycles. The van der Waals surface area contributed by atoms with E-state index in [2.05, 4.69) is 35.1 Å². The summed E-state index contributed by atoms with van der Waals surface area (Å²) >= 11 is 3.31. The number of hydrogen-bond donors (Lipinski definition) is 1. The summed E-state index contributed by atoms with van der Waals surface area (Å²) in [4.78, 5) is 0. The molecule has 1 aromatic rings. The van der Waals surface area contributed by atoms with E-state index in [1.807, 2.05) is 0 Å². The Morgan fingerprint density at radius 2 is 2.18 bits per heavy atom. The lowest BCUT2D eigenvalue weighted by Crippen LogP contribution is -2.24. The van der Waals surface area contributed by atoms with Crippen molar-refractivity contribution in [1.82, 2.24) is 5.32 Å². The summed E-state index contributed by atoms with van der Waals surface area (Å²) in [5.41, 5.74) is 0.594. The second-order valence-electron chi connectivity index (χ2n) is 4.25. The Morgan fingerprint density at radius 3 is 2.88 bits per heavy atom. The first-order valence-corrected chi connectivity index (χ1v) is 6.64. The van der Waals surface area contributed by atoms with E-state index in [0.29, 0.717) is 24.8 Å². The molecule has 0 aliphatic rings. The molecule has 1 N–H and O–H groups in total. The standard InChI is InChI=1S/C13H19BrFNO/c1-10(2)16-6-3-7-17-9-11-8-12(14)4-5-13(11)15/h4-5,8,10,16H,3,6-7,9H2,1-2H3. The van der Waals surface area contributed by atoms with Crippen molar-refractivity contribution in [3.63, 3.8) is 0 Å². The Labute approximate surface area is 111 Å². The SMILES string of the molecule is CC(C)NCCCOCc1cc(Br)ccc1F. The first kappa shape index (κ1) is 14.6. The van der Waals surface area contributed by atoms with Crippen molar-refractivity contribution in [1.29, 1.82) is 0 Å². The highest BCUT2D eigenvalue weighted by atomic mass is 79.9. The molecule has 1 aromatic carbocycles. The van der Waals surface area contributed by atoms with Crippen LogP contribution in [0.4, 0.5) is 4.39 Å². The maximum absolute atomic E-state index is 13.3. The zero-order valence-corrected chi connectivity index (χ0v) is 11.9. The highest BCUT2D eigenvalue weighted by Gasteiger charge is 2.02. The average Bonchev–Trinajstić information content (AvgIpc) is 2.27. The van der Waals surface area contributed by atoms with E-state index in [9.17, 15) is 4.39 Å². The van der Waals surface area contributed by atoms with Crippen LogP contribution >= 0.6 is 15.9 Å². The largest absolute Gasteiger partial charge is 0.377 e. The molecule has 0 radical (unpaired) electrons. The van der Waals surface area contributed by atoms with E-state index in [0.717, 1.165) is 17.4 Å². The van der Waals surface area contributed by atoms with E-state index >= 15 is 0 Å². The minimum Gasteiger partial charge on any atom is -0.377 e. The van der Waals surface area contributed by atoms with Crippen LogP contribution in [-0.2, 0) is 11.3 Å². The topological polar surface area (TPSA) is 21.3 Å². The van der Waals surface area contributed by atoms with Gasteiger partial charge in [-0.15, -0.1) is 0 Å². The Kier molecular flexibility index (Phi) is 6.70. The van der Waals surface area contributed by atoms with Crippen molar-refractivity contribution in [2.75, 3.05) is 13.2 Å². The lowest BCUT2D eigenvalue weighted by Gasteiger charge is -2.08. The summed E-state index contributed by atoms with van der Waals surface area (Å²) in [5.74, 6) is -0.214. The van der Waals surface area contributed by atoms with Crippen LogP contribution in [0.15, 0.2) is 22.7 Å². The van der Waals surface area contributed by atoms with Crippen molar-refractivity contribution in [3.05, 3.63) is 34.1 Å². The van der Waals surface area contributed by atoms with E-state index in [1.54, 1.807) is 12.1 Å². The van der Waals surface area contributed by atoms with Gasteiger partial charge >= 0.3 is 0 Å². The quantitative estimate of drug-likeness (QED) is 0.779. The number of rotatable bonds is 7. The number of hydrogen-bond acceptors (Lipinski definition) is 2. The van der Waals surface area contributed by atoms with Gasteiger partial charge < -0.3 is 10.1 Å². The molecule has 0 bridgehead atoms. The molecule has 0 aliphatic carbocycles. The van der Waals surface area contributed by atoms with Gasteiger partial charge in [0.05, 0.1) is 6.61 Å². The summed E-state index contributed by atoms with van der Waals surface area (Å²) in [6, 6.07) is 5.38. The van der Waals surface area contributed by atoms with Crippen LogP contribution in [0.3, 0.4) is 0 Å². The first-order chi connectivity index (χ1) is 8.09. The zero-order chi connectivity index (χ0) is 12.7. The van der Waals surface area contributed by atoms with Gasteiger partial charge in [0.1, 0.15) is 5.82 Å². The smallest absolute Gasteiger partial charge is 0.128 e. The summed E-state index contributed by atoms with van der Waals surface area (Å²) in [7, 11) is 0. The molecular formula is C13H19BrFNO. The molecule has 1 rings (SSSR count). The van der Waals surface area contributed by atoms with E-state index in [1.165, 1.54) is 6.07 Å². The second kappa shape index (κ2) is 7.80. The second-order valence-corrected chi connectivity index (χ2v) is 5.17. The fourth-order valence-corrected chi connectivity index (χ4v) is 1.81. The Hall–Kier alpha value is -0.450. The minimum absolute atomic E-state index is 0.214. The number of benzene rings is 1. The van der Waals surface area contributed by atoms with Crippen molar-refractivity contribution >= 4 is 15.9 Å². The Morgan fingerprint density at radius 1 is 1.41 bits per heavy atom. The van der Waals surface area contributed by atoms with Gasteiger partial charge in [0.25, 0.3) is 0 Å². The first-order valence-electron chi connectivity index (χ1n) is 5.84. The number of halogens is 2. The van der Waals surface area contributed by atoms with E-state index in [-0.39, 0.29) is 5.82 Å². The van der Waals surface area contributed by atoms with Gasteiger partial charge in [0.2, 0.25) is 0 Å². The van der Waals surface area contributed by atoms with Crippen molar-refractivity contribution in [2.45, 2.75) is 32.9 Å². The maximum atomic E-state index is 13.3. The summed E-state index contributed by atoms with van der Waals surface area (Å²) in [6.07, 6.45) is 0.938. The third-order valence-corrected chi connectivity index (χ3v) is 2.78. The van der Waals surface area contributed by atoms with Crippen LogP contribution in [0.5, 0.6) is 0 Å². The fourth-order valence-electron chi connectivity index (χ4n) is 1.40. The molecule has 0 aromatic heterocycles. The maximum Gasteiger partial charge on any atom is 0.128 e. The van der Waals surface area contributed by atoms with Crippen LogP contribution in [-0.4, -0.2) is 19.2 Å². The highest BCUT2D eigenvalue weighted by Crippen LogP contribution is 2.16. The van der Waals surface area contributed by atoms with Gasteiger partial charge in [0, 0.05) is 22.7 Å². The molecule has 0 saturated carbocycles. The molecule has 0 atom stereocenters. The molecule has 4 heteroatoms. The predicted molar refractivity (Wildman–Crippen MR) is 71.5 cm³/mol. The van der Waals surface area contributed by atoms with Gasteiger partial charge in [-0.2, -0.15) is 0 Å². The molecule has 0 unspecified atom stereocenters. The van der Waals surface area contributed by atoms with Crippen LogP contribution in [0.1, 0.15) is 25.8 Å². The van der Waals surface area contributed by atoms with Crippen LogP contribution < -0.4 is 5.32 Å². The molecule has 96 valence electrons. The fraction of sp³-hybridized carbons (Fsp3) is 0.538. The average molecular weight is 304 g/mol. The van der Waals surface area contributed by atoms with Crippen molar-refractivity contribution in [2.24, 2.45) is 0 Å². The van der Waals surface area contributed by atoms with Crippen LogP contribution in [0.2, 0.25) is 0 Å². The molecule has 0 aliphatic heterocycles. The number of ether oxygens (including phenoxy) is 1. The molecule has 0 fully saturated rings. The molecule has 0 saturated heterocycles. The van der Waals surface area contributed by atoms with Gasteiger partial charge in [-0.05, 0) is 31.2 Å². The molecule has 0 amide bonds. The lowest BCUT2D eigenvalue weighted by atomic mass is 10.2. The van der Waals surface area contributed by atoms with Crippen molar-refractivity contribution in [3.8, 4) is 0 Å².